The van der Waals surface area contributed by atoms with Gasteiger partial charge in [-0.3, -0.25) is 37.3 Å². The second-order valence-electron chi connectivity index (χ2n) is 24.5. The van der Waals surface area contributed by atoms with E-state index in [4.69, 9.17) is 37.0 Å². The molecule has 19 heteroatoms. The molecular weight excluding hydrogens is 1310 g/mol. The molecule has 0 spiro atoms. The largest absolute Gasteiger partial charge is 0.472 e. The number of phosphoric acid groups is 2. The molecule has 100 heavy (non-hydrogen) atoms. The number of allylic oxidation sites excluding steroid dienone is 26. The molecule has 0 fully saturated rings. The molecule has 0 aliphatic heterocycles. The smallest absolute Gasteiger partial charge is 0.462 e. The van der Waals surface area contributed by atoms with Crippen molar-refractivity contribution in [2.75, 3.05) is 39.6 Å². The van der Waals surface area contributed by atoms with Gasteiger partial charge in [-0.2, -0.15) is 0 Å². The number of carbonyl (C=O) groups is 4. The summed E-state index contributed by atoms with van der Waals surface area (Å²) in [4.78, 5) is 72.8. The molecule has 0 saturated heterocycles. The molecule has 5 unspecified atom stereocenters. The highest BCUT2D eigenvalue weighted by molar-refractivity contribution is 7.47. The first-order valence-electron chi connectivity index (χ1n) is 37.7. The number of phosphoric ester groups is 2. The van der Waals surface area contributed by atoms with Crippen LogP contribution < -0.4 is 0 Å². The Kier molecular flexibility index (Phi) is 68.2. The minimum Gasteiger partial charge on any atom is -0.462 e. The maximum Gasteiger partial charge on any atom is 0.472 e. The van der Waals surface area contributed by atoms with Crippen LogP contribution in [-0.2, 0) is 65.4 Å². The Balaban J connectivity index is 5.46. The van der Waals surface area contributed by atoms with Crippen LogP contribution in [0.15, 0.2) is 158 Å². The van der Waals surface area contributed by atoms with Crippen LogP contribution in [0.5, 0.6) is 0 Å². The van der Waals surface area contributed by atoms with Crippen LogP contribution in [-0.4, -0.2) is 96.7 Å². The van der Waals surface area contributed by atoms with Crippen LogP contribution in [0.25, 0.3) is 0 Å². The van der Waals surface area contributed by atoms with Gasteiger partial charge in [0, 0.05) is 25.7 Å². The Labute approximate surface area is 604 Å². The van der Waals surface area contributed by atoms with Gasteiger partial charge in [0.25, 0.3) is 0 Å². The fourth-order valence-electron chi connectivity index (χ4n) is 9.25. The third-order valence-corrected chi connectivity index (χ3v) is 16.9. The van der Waals surface area contributed by atoms with Crippen LogP contribution in [0.2, 0.25) is 0 Å². The number of unbranched alkanes of at least 4 members (excludes halogenated alkanes) is 17. The first kappa shape index (κ1) is 94.7. The summed E-state index contributed by atoms with van der Waals surface area (Å²) in [6.07, 6.45) is 82.6. The molecule has 5 atom stereocenters. The standard InChI is InChI=1S/C81H132O17P2/c1-5-9-13-17-21-25-29-32-35-36-37-38-41-43-47-50-54-58-62-66-79(84)92-72-77(98-81(86)68-64-60-56-52-48-44-40-34-31-27-23-19-15-11-7-3)74-96-100(89,90)94-70-75(82)69-93-99(87,88)95-73-76(97-80(85)67-63-59-55-51-45-28-24-20-16-12-8-4)71-91-78(83)65-61-57-53-49-46-42-39-33-30-26-22-18-14-10-6-2/h9-10,13-14,20-27,32-35,37-40,43,46-47,49,54,58,75-77,82H,5-8,11-12,15-19,28-31,36,41-42,44-45,48,50-53,55-57,59-74H2,1-4H3,(H,87,88)(H,89,90)/b13-9-,14-10-,24-20-,25-21-,26-22-,27-23-,35-32-,38-37-,39-33-,40-34-,47-43-,49-46-,58-54-. The van der Waals surface area contributed by atoms with E-state index >= 15 is 0 Å². The molecule has 0 rings (SSSR count). The van der Waals surface area contributed by atoms with Crippen molar-refractivity contribution in [1.82, 2.24) is 0 Å². The van der Waals surface area contributed by atoms with Gasteiger partial charge in [0.1, 0.15) is 19.3 Å². The number of hydrogen-bond acceptors (Lipinski definition) is 15. The number of ether oxygens (including phenoxy) is 4. The fraction of sp³-hybridized carbons (Fsp3) is 0.630. The third-order valence-electron chi connectivity index (χ3n) is 15.0. The van der Waals surface area contributed by atoms with Crippen molar-refractivity contribution in [2.45, 2.75) is 290 Å². The Morgan fingerprint density at radius 3 is 0.920 bits per heavy atom. The number of carbonyl (C=O) groups excluding carboxylic acids is 4. The monoisotopic (exact) mass is 1440 g/mol. The van der Waals surface area contributed by atoms with Crippen LogP contribution in [0.1, 0.15) is 272 Å². The maximum absolute atomic E-state index is 13.1. The maximum atomic E-state index is 13.1. The lowest BCUT2D eigenvalue weighted by atomic mass is 10.1. The van der Waals surface area contributed by atoms with E-state index in [2.05, 4.69) is 167 Å². The van der Waals surface area contributed by atoms with Gasteiger partial charge in [0.05, 0.1) is 26.4 Å². The summed E-state index contributed by atoms with van der Waals surface area (Å²) in [5.41, 5.74) is 0. The molecule has 0 aromatic rings. The van der Waals surface area contributed by atoms with Gasteiger partial charge in [0.2, 0.25) is 0 Å². The summed E-state index contributed by atoms with van der Waals surface area (Å²) in [5.74, 6) is -2.36. The molecule has 0 radical (unpaired) electrons. The van der Waals surface area contributed by atoms with E-state index in [0.717, 1.165) is 154 Å². The van der Waals surface area contributed by atoms with Crippen LogP contribution in [0.4, 0.5) is 0 Å². The van der Waals surface area contributed by atoms with Gasteiger partial charge in [-0.05, 0) is 154 Å². The van der Waals surface area contributed by atoms with Gasteiger partial charge in [-0.15, -0.1) is 0 Å². The molecule has 0 saturated carbocycles. The van der Waals surface area contributed by atoms with Crippen LogP contribution in [0.3, 0.4) is 0 Å². The third kappa shape index (κ3) is 71.1. The first-order chi connectivity index (χ1) is 48.7. The van der Waals surface area contributed by atoms with Gasteiger partial charge >= 0.3 is 39.5 Å². The number of rotatable bonds is 69. The highest BCUT2D eigenvalue weighted by Gasteiger charge is 2.30. The summed E-state index contributed by atoms with van der Waals surface area (Å²) in [6.45, 7) is 4.39. The van der Waals surface area contributed by atoms with E-state index in [1.807, 2.05) is 18.2 Å². The minimum absolute atomic E-state index is 0.0274. The minimum atomic E-state index is -5.00. The van der Waals surface area contributed by atoms with Crippen molar-refractivity contribution < 1.29 is 80.2 Å². The molecule has 0 aliphatic carbocycles. The second-order valence-corrected chi connectivity index (χ2v) is 27.4. The Morgan fingerprint density at radius 2 is 0.550 bits per heavy atom. The second kappa shape index (κ2) is 72.0. The molecule has 0 aliphatic rings. The van der Waals surface area contributed by atoms with Crippen molar-refractivity contribution in [3.05, 3.63) is 158 Å². The first-order valence-corrected chi connectivity index (χ1v) is 40.7. The summed E-state index contributed by atoms with van der Waals surface area (Å²) < 4.78 is 68.3. The summed E-state index contributed by atoms with van der Waals surface area (Å²) in [5, 5.41) is 10.6. The van der Waals surface area contributed by atoms with Crippen LogP contribution >= 0.6 is 15.6 Å². The van der Waals surface area contributed by atoms with Crippen molar-refractivity contribution in [3.8, 4) is 0 Å². The summed E-state index contributed by atoms with van der Waals surface area (Å²) >= 11 is 0. The number of aliphatic hydroxyl groups excluding tert-OH is 1. The molecule has 3 N–H and O–H groups in total. The molecule has 568 valence electrons. The van der Waals surface area contributed by atoms with E-state index in [-0.39, 0.29) is 25.7 Å². The molecule has 0 aromatic heterocycles. The highest BCUT2D eigenvalue weighted by Crippen LogP contribution is 2.45. The van der Waals surface area contributed by atoms with Gasteiger partial charge in [0.15, 0.2) is 12.2 Å². The van der Waals surface area contributed by atoms with E-state index in [0.29, 0.717) is 32.1 Å². The Bertz CT molecular complexity index is 2520. The quantitative estimate of drug-likeness (QED) is 0.0169. The summed E-state index contributed by atoms with van der Waals surface area (Å²) in [7, 11) is -10.00. The van der Waals surface area contributed by atoms with E-state index in [1.54, 1.807) is 0 Å². The highest BCUT2D eigenvalue weighted by atomic mass is 31.2. The SMILES string of the molecule is CC/C=C\C/C=C\C/C=C\C/C=C\C/C=C\C/C=C\CCC(=O)OCC(COP(=O)(O)OCC(O)COP(=O)(O)OCC(COC(=O)CCCC/C=C\C/C=C\C/C=C\C/C=C\CC)OC(=O)CCCCCCC/C=C\CCCC)OC(=O)CCCCCCC/C=C\C/C=C\CCCCC. The van der Waals surface area contributed by atoms with Gasteiger partial charge in [-0.25, -0.2) is 9.13 Å². The lowest BCUT2D eigenvalue weighted by Gasteiger charge is -2.21. The van der Waals surface area contributed by atoms with Crippen molar-refractivity contribution in [1.29, 1.82) is 0 Å². The summed E-state index contributed by atoms with van der Waals surface area (Å²) in [6, 6.07) is 0. The number of esters is 4. The normalized spacial score (nSPS) is 14.8. The molecule has 0 heterocycles. The van der Waals surface area contributed by atoms with E-state index < -0.39 is 97.5 Å². The lowest BCUT2D eigenvalue weighted by molar-refractivity contribution is -0.161. The predicted molar refractivity (Wildman–Crippen MR) is 408 cm³/mol. The zero-order valence-corrected chi connectivity index (χ0v) is 63.6. The van der Waals surface area contributed by atoms with Crippen molar-refractivity contribution in [3.63, 3.8) is 0 Å². The van der Waals surface area contributed by atoms with Crippen molar-refractivity contribution >= 4 is 39.5 Å². The fourth-order valence-corrected chi connectivity index (χ4v) is 10.8. The molecule has 17 nitrogen and oxygen atoms in total. The van der Waals surface area contributed by atoms with Gasteiger partial charge in [-0.1, -0.05) is 250 Å². The average Bonchev–Trinajstić information content (AvgIpc) is 0.985. The molecule has 0 amide bonds. The molecule has 0 bridgehead atoms. The number of aliphatic hydroxyl groups is 1. The molecule has 0 aromatic carbocycles. The van der Waals surface area contributed by atoms with E-state index in [1.165, 1.54) is 32.1 Å². The average molecular weight is 1440 g/mol. The van der Waals surface area contributed by atoms with Gasteiger partial charge < -0.3 is 33.8 Å². The topological polar surface area (TPSA) is 237 Å². The number of hydrogen-bond donors (Lipinski definition) is 3. The molecular formula is C81H132O17P2. The van der Waals surface area contributed by atoms with Crippen molar-refractivity contribution in [2.24, 2.45) is 0 Å². The van der Waals surface area contributed by atoms with E-state index in [9.17, 15) is 43.2 Å². The Hall–Kier alpha value is -5.32. The lowest BCUT2D eigenvalue weighted by Crippen LogP contribution is -2.30. The predicted octanol–water partition coefficient (Wildman–Crippen LogP) is 21.7. The zero-order chi connectivity index (χ0) is 73.2. The van der Waals surface area contributed by atoms with Crippen LogP contribution in [0, 0.1) is 0 Å². The Morgan fingerprint density at radius 1 is 0.290 bits per heavy atom. The zero-order valence-electron chi connectivity index (χ0n) is 61.8.